The van der Waals surface area contributed by atoms with E-state index in [2.05, 4.69) is 0 Å². The van der Waals surface area contributed by atoms with Gasteiger partial charge in [-0.2, -0.15) is 0 Å². The molecule has 12 heavy (non-hydrogen) atoms. The van der Waals surface area contributed by atoms with Crippen LogP contribution in [0.25, 0.3) is 0 Å². The van der Waals surface area contributed by atoms with Gasteiger partial charge in [-0.15, -0.1) is 0 Å². The molecule has 1 rings (SSSR count). The molecular formula is C7H5Cl2KO2. The van der Waals surface area contributed by atoms with E-state index in [0.717, 1.165) is 0 Å². The molecule has 0 amide bonds. The molecule has 1 aromatic rings. The van der Waals surface area contributed by atoms with Crippen LogP contribution in [-0.4, -0.2) is 62.5 Å². The van der Waals surface area contributed by atoms with Crippen LogP contribution in [0.1, 0.15) is 10.4 Å². The topological polar surface area (TPSA) is 37.3 Å². The molecule has 0 radical (unpaired) electrons. The molecule has 1 aromatic carbocycles. The fourth-order valence-corrected chi connectivity index (χ4v) is 1.15. The summed E-state index contributed by atoms with van der Waals surface area (Å²) in [6.45, 7) is 0. The second kappa shape index (κ2) is 5.60. The van der Waals surface area contributed by atoms with Crippen molar-refractivity contribution in [3.8, 4) is 0 Å². The Balaban J connectivity index is 0.00000121. The van der Waals surface area contributed by atoms with Gasteiger partial charge in [-0.3, -0.25) is 0 Å². The Labute approximate surface area is 122 Å². The first kappa shape index (κ1) is 12.9. The summed E-state index contributed by atoms with van der Waals surface area (Å²) in [6, 6.07) is 4.25. The van der Waals surface area contributed by atoms with E-state index in [0.29, 0.717) is 5.02 Å². The summed E-state index contributed by atoms with van der Waals surface area (Å²) < 4.78 is 0. The number of benzene rings is 1. The number of rotatable bonds is 1. The van der Waals surface area contributed by atoms with E-state index in [4.69, 9.17) is 28.3 Å². The maximum absolute atomic E-state index is 10.4. The number of hydrogen-bond acceptors (Lipinski definition) is 1. The Kier molecular flexibility index (Phi) is 6.02. The molecule has 0 aliphatic carbocycles. The van der Waals surface area contributed by atoms with Crippen molar-refractivity contribution in [2.75, 3.05) is 0 Å². The Morgan fingerprint density at radius 3 is 2.33 bits per heavy atom. The quantitative estimate of drug-likeness (QED) is 0.751. The molecule has 0 saturated carbocycles. The van der Waals surface area contributed by atoms with Gasteiger partial charge in [0, 0.05) is 5.02 Å². The average Bonchev–Trinajstić information content (AvgIpc) is 1.85. The van der Waals surface area contributed by atoms with Gasteiger partial charge in [0.2, 0.25) is 0 Å². The Morgan fingerprint density at radius 2 is 1.92 bits per heavy atom. The van der Waals surface area contributed by atoms with E-state index in [1.165, 1.54) is 18.2 Å². The van der Waals surface area contributed by atoms with Gasteiger partial charge in [0.25, 0.3) is 0 Å². The first-order chi connectivity index (χ1) is 5.11. The number of hydrogen-bond donors (Lipinski definition) is 1. The van der Waals surface area contributed by atoms with E-state index in [1.807, 2.05) is 0 Å². The van der Waals surface area contributed by atoms with Crippen molar-refractivity contribution in [3.63, 3.8) is 0 Å². The van der Waals surface area contributed by atoms with Crippen LogP contribution >= 0.6 is 23.2 Å². The molecule has 2 nitrogen and oxygen atoms in total. The molecule has 0 unspecified atom stereocenters. The predicted octanol–water partition coefficient (Wildman–Crippen LogP) is 2.04. The van der Waals surface area contributed by atoms with Gasteiger partial charge in [-0.25, -0.2) is 4.79 Å². The number of aromatic carboxylic acids is 1. The fraction of sp³-hybridized carbons (Fsp3) is 0. The van der Waals surface area contributed by atoms with Crippen LogP contribution in [0.15, 0.2) is 18.2 Å². The van der Waals surface area contributed by atoms with Crippen LogP contribution < -0.4 is 0 Å². The molecule has 0 fully saturated rings. The molecule has 0 aliphatic rings. The molecule has 5 heteroatoms. The summed E-state index contributed by atoms with van der Waals surface area (Å²) in [4.78, 5) is 10.4. The van der Waals surface area contributed by atoms with Gasteiger partial charge in [0.1, 0.15) is 0 Å². The van der Waals surface area contributed by atoms with Gasteiger partial charge < -0.3 is 5.11 Å². The van der Waals surface area contributed by atoms with Gasteiger partial charge in [-0.05, 0) is 18.2 Å². The number of halogens is 2. The zero-order valence-electron chi connectivity index (χ0n) is 5.34. The van der Waals surface area contributed by atoms with Crippen molar-refractivity contribution < 1.29 is 9.90 Å². The molecule has 0 aliphatic heterocycles. The molecule has 0 aromatic heterocycles. The Bertz CT molecular complexity index is 301. The van der Waals surface area contributed by atoms with Crippen LogP contribution in [0.5, 0.6) is 0 Å². The van der Waals surface area contributed by atoms with E-state index in [9.17, 15) is 4.79 Å². The second-order valence-corrected chi connectivity index (χ2v) is 2.77. The van der Waals surface area contributed by atoms with E-state index in [-0.39, 0.29) is 62.0 Å². The van der Waals surface area contributed by atoms with Crippen LogP contribution in [-0.2, 0) is 0 Å². The zero-order chi connectivity index (χ0) is 8.43. The van der Waals surface area contributed by atoms with Crippen molar-refractivity contribution in [1.29, 1.82) is 0 Å². The molecule has 0 heterocycles. The van der Waals surface area contributed by atoms with Crippen molar-refractivity contribution in [2.45, 2.75) is 0 Å². The first-order valence-electron chi connectivity index (χ1n) is 2.79. The molecule has 0 bridgehead atoms. The first-order valence-corrected chi connectivity index (χ1v) is 3.55. The summed E-state index contributed by atoms with van der Waals surface area (Å²) in [5, 5.41) is 9.12. The standard InChI is InChI=1S/C7H4Cl2O2.K.H/c8-4-1-2-5(7(10)11)6(9)3-4;;/h1-3H,(H,10,11);;. The monoisotopic (exact) mass is 230 g/mol. The number of carbonyl (C=O) groups is 1. The molecule has 0 spiro atoms. The summed E-state index contributed by atoms with van der Waals surface area (Å²) in [7, 11) is 0. The third-order valence-corrected chi connectivity index (χ3v) is 1.71. The van der Waals surface area contributed by atoms with E-state index < -0.39 is 5.97 Å². The third-order valence-electron chi connectivity index (χ3n) is 1.16. The van der Waals surface area contributed by atoms with Gasteiger partial charge in [0.05, 0.1) is 10.6 Å². The molecule has 0 saturated heterocycles. The van der Waals surface area contributed by atoms with Crippen molar-refractivity contribution in [2.24, 2.45) is 0 Å². The SMILES string of the molecule is O=C(O)c1ccc(Cl)cc1Cl.[KH]. The van der Waals surface area contributed by atoms with Crippen molar-refractivity contribution >= 4 is 80.6 Å². The predicted molar refractivity (Wildman–Crippen MR) is 50.6 cm³/mol. The normalized spacial score (nSPS) is 8.83. The van der Waals surface area contributed by atoms with Crippen molar-refractivity contribution in [1.82, 2.24) is 0 Å². The van der Waals surface area contributed by atoms with Gasteiger partial charge >= 0.3 is 57.4 Å². The van der Waals surface area contributed by atoms with Crippen LogP contribution in [0.2, 0.25) is 10.0 Å². The van der Waals surface area contributed by atoms with E-state index >= 15 is 0 Å². The maximum atomic E-state index is 10.4. The molecular weight excluding hydrogens is 226 g/mol. The molecule has 0 atom stereocenters. The Morgan fingerprint density at radius 1 is 1.33 bits per heavy atom. The number of carboxylic acid groups (broad SMARTS) is 1. The van der Waals surface area contributed by atoms with Crippen LogP contribution in [0.3, 0.4) is 0 Å². The summed E-state index contributed by atoms with van der Waals surface area (Å²) in [5.41, 5.74) is 0.0658. The summed E-state index contributed by atoms with van der Waals surface area (Å²) >= 11 is 11.1. The van der Waals surface area contributed by atoms with E-state index in [1.54, 1.807) is 0 Å². The van der Waals surface area contributed by atoms with Gasteiger partial charge in [0.15, 0.2) is 0 Å². The zero-order valence-corrected chi connectivity index (χ0v) is 6.86. The minimum atomic E-state index is -1.05. The molecule has 60 valence electrons. The number of carboxylic acids is 1. The minimum absolute atomic E-state index is 0. The fourth-order valence-electron chi connectivity index (χ4n) is 0.663. The van der Waals surface area contributed by atoms with Crippen LogP contribution in [0.4, 0.5) is 0 Å². The average molecular weight is 231 g/mol. The third kappa shape index (κ3) is 3.34. The summed E-state index contributed by atoms with van der Waals surface area (Å²) in [5.74, 6) is -1.05. The molecule has 1 N–H and O–H groups in total. The van der Waals surface area contributed by atoms with Gasteiger partial charge in [-0.1, -0.05) is 23.2 Å². The van der Waals surface area contributed by atoms with Crippen LogP contribution in [0, 0.1) is 0 Å². The van der Waals surface area contributed by atoms with Crippen molar-refractivity contribution in [3.05, 3.63) is 33.8 Å². The summed E-state index contributed by atoms with van der Waals surface area (Å²) in [6.07, 6.45) is 0. The second-order valence-electron chi connectivity index (χ2n) is 1.93. The Hall–Kier alpha value is 0.906.